The third-order valence-electron chi connectivity index (χ3n) is 13.6. The molecule has 0 radical (unpaired) electrons. The summed E-state index contributed by atoms with van der Waals surface area (Å²) in [5, 5.41) is 12.4. The van der Waals surface area contributed by atoms with Gasteiger partial charge in [0, 0.05) is 74.9 Å². The van der Waals surface area contributed by atoms with Crippen molar-refractivity contribution in [2.45, 2.75) is 126 Å². The normalized spacial score (nSPS) is 24.7. The van der Waals surface area contributed by atoms with E-state index in [0.29, 0.717) is 30.8 Å². The molecule has 0 aromatic heterocycles. The standard InChI is InChI=1S/C51H68N6O6/c1-3-4-5-6-7-8-9-10-11-12-19-28-52-51(62)55-45-33-57(34-46(45)63-2)50(61)38-26-24-37(25-27-38)49(60)56-31-41(47(58)53-43-29-39(43)35-20-15-13-16-21-35)42(32-56)48(59)54-44-30-40(44)36-22-17-14-18-23-36/h13-18,20-27,39-46H,3-12,19,28-34H2,1-2H3,(H,53,58)(H,54,59)(H2,52,55,62)/t39-,40-,41-,42-,43+,44+,45+,46+/m1/s1. The number of urea groups is 1. The number of nitrogens with zero attached hydrogens (tertiary/aromatic N) is 2. The van der Waals surface area contributed by atoms with Gasteiger partial charge in [-0.25, -0.2) is 4.79 Å². The minimum absolute atomic E-state index is 0.00797. The van der Waals surface area contributed by atoms with Crippen LogP contribution in [0.3, 0.4) is 0 Å². The summed E-state index contributed by atoms with van der Waals surface area (Å²) in [5.74, 6) is -1.86. The molecule has 2 heterocycles. The van der Waals surface area contributed by atoms with E-state index >= 15 is 0 Å². The third-order valence-corrected chi connectivity index (χ3v) is 13.6. The highest BCUT2D eigenvalue weighted by Crippen LogP contribution is 2.42. The Kier molecular flexibility index (Phi) is 16.3. The lowest BCUT2D eigenvalue weighted by Crippen LogP contribution is -2.48. The first kappa shape index (κ1) is 45.8. The molecule has 4 fully saturated rings. The zero-order valence-corrected chi connectivity index (χ0v) is 37.3. The number of carbonyl (C=O) groups is 5. The van der Waals surface area contributed by atoms with Gasteiger partial charge in [-0.15, -0.1) is 0 Å². The Balaban J connectivity index is 0.886. The van der Waals surface area contributed by atoms with Gasteiger partial charge in [0.1, 0.15) is 0 Å². The average Bonchev–Trinajstić information content (AvgIpc) is 4.16. The fraction of sp³-hybridized carbons (Fsp3) is 0.549. The molecular formula is C51H68N6O6. The van der Waals surface area contributed by atoms with Gasteiger partial charge >= 0.3 is 6.03 Å². The van der Waals surface area contributed by atoms with Gasteiger partial charge in [0.25, 0.3) is 11.8 Å². The number of nitrogens with one attached hydrogen (secondary N) is 4. The van der Waals surface area contributed by atoms with Crippen LogP contribution in [0.2, 0.25) is 0 Å². The van der Waals surface area contributed by atoms with Gasteiger partial charge in [0.15, 0.2) is 0 Å². The van der Waals surface area contributed by atoms with Gasteiger partial charge in [-0.1, -0.05) is 132 Å². The molecule has 63 heavy (non-hydrogen) atoms. The summed E-state index contributed by atoms with van der Waals surface area (Å²) in [6, 6.07) is 26.1. The van der Waals surface area contributed by atoms with Crippen molar-refractivity contribution in [1.29, 1.82) is 0 Å². The van der Waals surface area contributed by atoms with E-state index in [9.17, 15) is 24.0 Å². The lowest BCUT2D eigenvalue weighted by atomic mass is 9.94. The monoisotopic (exact) mass is 861 g/mol. The molecule has 0 bridgehead atoms. The molecule has 12 nitrogen and oxygen atoms in total. The van der Waals surface area contributed by atoms with E-state index < -0.39 is 11.8 Å². The van der Waals surface area contributed by atoms with Crippen LogP contribution in [-0.2, 0) is 14.3 Å². The number of rotatable bonds is 22. The van der Waals surface area contributed by atoms with Crippen molar-refractivity contribution in [3.63, 3.8) is 0 Å². The quantitative estimate of drug-likeness (QED) is 0.0788. The maximum Gasteiger partial charge on any atom is 0.315 e. The van der Waals surface area contributed by atoms with Crippen LogP contribution in [0.15, 0.2) is 84.9 Å². The van der Waals surface area contributed by atoms with Crippen LogP contribution in [0, 0.1) is 11.8 Å². The van der Waals surface area contributed by atoms with E-state index in [0.717, 1.165) is 25.7 Å². The van der Waals surface area contributed by atoms with Crippen LogP contribution in [0.25, 0.3) is 0 Å². The van der Waals surface area contributed by atoms with Crippen molar-refractivity contribution in [2.24, 2.45) is 11.8 Å². The van der Waals surface area contributed by atoms with Gasteiger partial charge in [0.05, 0.1) is 24.0 Å². The molecule has 12 heteroatoms. The smallest absolute Gasteiger partial charge is 0.315 e. The zero-order valence-electron chi connectivity index (χ0n) is 37.3. The highest BCUT2D eigenvalue weighted by molar-refractivity contribution is 5.99. The van der Waals surface area contributed by atoms with E-state index in [-0.39, 0.29) is 78.8 Å². The molecule has 2 aliphatic heterocycles. The summed E-state index contributed by atoms with van der Waals surface area (Å²) in [6.45, 7) is 3.70. The zero-order chi connectivity index (χ0) is 44.1. The molecule has 338 valence electrons. The van der Waals surface area contributed by atoms with Crippen molar-refractivity contribution in [3.8, 4) is 0 Å². The number of methoxy groups -OCH3 is 1. The van der Waals surface area contributed by atoms with Crippen LogP contribution in [0.5, 0.6) is 0 Å². The van der Waals surface area contributed by atoms with Gasteiger partial charge in [-0.2, -0.15) is 0 Å². The number of hydrogen-bond acceptors (Lipinski definition) is 6. The minimum Gasteiger partial charge on any atom is -0.377 e. The maximum absolute atomic E-state index is 14.0. The largest absolute Gasteiger partial charge is 0.377 e. The van der Waals surface area contributed by atoms with Crippen LogP contribution in [0.4, 0.5) is 4.79 Å². The van der Waals surface area contributed by atoms with Crippen molar-refractivity contribution in [2.75, 3.05) is 39.8 Å². The fourth-order valence-corrected chi connectivity index (χ4v) is 9.58. The summed E-state index contributed by atoms with van der Waals surface area (Å²) in [6.07, 6.45) is 15.0. The second-order valence-electron chi connectivity index (χ2n) is 18.3. The predicted molar refractivity (Wildman–Crippen MR) is 244 cm³/mol. The molecule has 6 amide bonds. The van der Waals surface area contributed by atoms with Crippen LogP contribution < -0.4 is 21.3 Å². The number of amides is 6. The molecule has 0 unspecified atom stereocenters. The van der Waals surface area contributed by atoms with E-state index in [1.165, 1.54) is 68.9 Å². The Morgan fingerprint density at radius 1 is 0.540 bits per heavy atom. The molecule has 4 N–H and O–H groups in total. The Bertz CT molecular complexity index is 1900. The number of unbranched alkanes of at least 4 members (excludes halogenated alkanes) is 10. The molecule has 2 saturated heterocycles. The number of carbonyl (C=O) groups excluding carboxylic acids is 5. The average molecular weight is 861 g/mol. The number of ether oxygens (including phenoxy) is 1. The van der Waals surface area contributed by atoms with Crippen molar-refractivity contribution < 1.29 is 28.7 Å². The second kappa shape index (κ2) is 22.4. The topological polar surface area (TPSA) is 149 Å². The molecule has 2 saturated carbocycles. The second-order valence-corrected chi connectivity index (χ2v) is 18.3. The van der Waals surface area contributed by atoms with E-state index in [1.54, 1.807) is 41.2 Å². The predicted octanol–water partition coefficient (Wildman–Crippen LogP) is 7.17. The summed E-state index contributed by atoms with van der Waals surface area (Å²) in [4.78, 5) is 71.5. The fourth-order valence-electron chi connectivity index (χ4n) is 9.58. The number of likely N-dealkylation sites (tertiary alicyclic amines) is 2. The molecule has 0 spiro atoms. The molecule has 3 aromatic carbocycles. The van der Waals surface area contributed by atoms with Crippen molar-refractivity contribution in [1.82, 2.24) is 31.1 Å². The van der Waals surface area contributed by atoms with Gasteiger partial charge < -0.3 is 35.8 Å². The lowest BCUT2D eigenvalue weighted by Gasteiger charge is -2.19. The highest BCUT2D eigenvalue weighted by atomic mass is 16.5. The third kappa shape index (κ3) is 12.5. The SMILES string of the molecule is CCCCCCCCCCCCCNC(=O)N[C@H]1CN(C(=O)c2ccc(C(=O)N3C[C@@H](C(=O)N[C@H]4C[C@@H]4c4ccccc4)[C@H](C(=O)N[C@H]4C[C@@H]4c4ccccc4)C3)cc2)C[C@@H]1OC. The highest BCUT2D eigenvalue weighted by Gasteiger charge is 2.49. The molecular weight excluding hydrogens is 793 g/mol. The summed E-state index contributed by atoms with van der Waals surface area (Å²) >= 11 is 0. The molecule has 4 aliphatic rings. The van der Waals surface area contributed by atoms with E-state index in [2.05, 4.69) is 52.5 Å². The number of hydrogen-bond donors (Lipinski definition) is 4. The molecule has 2 aliphatic carbocycles. The van der Waals surface area contributed by atoms with Crippen LogP contribution in [0.1, 0.15) is 134 Å². The van der Waals surface area contributed by atoms with Crippen molar-refractivity contribution in [3.05, 3.63) is 107 Å². The lowest BCUT2D eigenvalue weighted by molar-refractivity contribution is -0.133. The summed E-state index contributed by atoms with van der Waals surface area (Å²) < 4.78 is 5.67. The Morgan fingerprint density at radius 3 is 1.44 bits per heavy atom. The summed E-state index contributed by atoms with van der Waals surface area (Å²) in [5.41, 5.74) is 3.13. The van der Waals surface area contributed by atoms with Crippen LogP contribution >= 0.6 is 0 Å². The van der Waals surface area contributed by atoms with Crippen LogP contribution in [-0.4, -0.2) is 104 Å². The number of benzene rings is 3. The first-order valence-corrected chi connectivity index (χ1v) is 23.7. The van der Waals surface area contributed by atoms with Gasteiger partial charge in [-0.05, 0) is 54.7 Å². The Morgan fingerprint density at radius 2 is 0.984 bits per heavy atom. The van der Waals surface area contributed by atoms with E-state index in [4.69, 9.17) is 4.74 Å². The maximum atomic E-state index is 14.0. The molecule has 3 aromatic rings. The van der Waals surface area contributed by atoms with Gasteiger partial charge in [0.2, 0.25) is 11.8 Å². The Labute approximate surface area is 373 Å². The minimum atomic E-state index is -0.696. The van der Waals surface area contributed by atoms with E-state index in [1.807, 2.05) is 36.4 Å². The summed E-state index contributed by atoms with van der Waals surface area (Å²) in [7, 11) is 1.58. The first-order valence-electron chi connectivity index (χ1n) is 23.7. The van der Waals surface area contributed by atoms with Crippen molar-refractivity contribution >= 4 is 29.7 Å². The molecule has 8 atom stereocenters. The Hall–Kier alpha value is -5.23. The van der Waals surface area contributed by atoms with Gasteiger partial charge in [-0.3, -0.25) is 19.2 Å². The first-order chi connectivity index (χ1) is 30.7. The molecule has 7 rings (SSSR count).